The van der Waals surface area contributed by atoms with Gasteiger partial charge in [-0.1, -0.05) is 12.1 Å². The lowest BCUT2D eigenvalue weighted by Gasteiger charge is -2.02. The summed E-state index contributed by atoms with van der Waals surface area (Å²) < 4.78 is 1.78. The zero-order valence-electron chi connectivity index (χ0n) is 12.4. The monoisotopic (exact) mass is 292 g/mol. The number of hydrogen-bond donors (Lipinski definition) is 1. The molecule has 1 N–H and O–H groups in total. The number of pyridine rings is 2. The highest BCUT2D eigenvalue weighted by atomic mass is 16.1. The Morgan fingerprint density at radius 2 is 2.09 bits per heavy atom. The number of carbonyl (C=O) groups excluding carboxylic acids is 1. The summed E-state index contributed by atoms with van der Waals surface area (Å²) in [6.45, 7) is 1.96. The second-order valence-electron chi connectivity index (χ2n) is 4.95. The van der Waals surface area contributed by atoms with Gasteiger partial charge in [0.15, 0.2) is 0 Å². The molecule has 0 saturated carbocycles. The van der Waals surface area contributed by atoms with E-state index < -0.39 is 0 Å². The summed E-state index contributed by atoms with van der Waals surface area (Å²) in [4.78, 5) is 20.5. The minimum atomic E-state index is -0.158. The van der Waals surface area contributed by atoms with Crippen molar-refractivity contribution in [3.05, 3.63) is 65.4 Å². The molecule has 0 aliphatic rings. The molecule has 110 valence electrons. The number of aromatic nitrogens is 3. The number of amides is 1. The van der Waals surface area contributed by atoms with Crippen LogP contribution in [-0.2, 0) is 0 Å². The Kier molecular flexibility index (Phi) is 3.70. The van der Waals surface area contributed by atoms with E-state index in [0.717, 1.165) is 22.6 Å². The van der Waals surface area contributed by atoms with Crippen molar-refractivity contribution in [1.29, 1.82) is 0 Å². The van der Waals surface area contributed by atoms with E-state index in [1.54, 1.807) is 17.6 Å². The highest BCUT2D eigenvalue weighted by Gasteiger charge is 2.09. The van der Waals surface area contributed by atoms with E-state index in [0.29, 0.717) is 5.69 Å². The molecule has 3 rings (SSSR count). The summed E-state index contributed by atoms with van der Waals surface area (Å²) in [6, 6.07) is 9.74. The summed E-state index contributed by atoms with van der Waals surface area (Å²) in [6.07, 6.45) is 7.38. The molecule has 0 saturated heterocycles. The molecule has 3 heterocycles. The Labute approximate surface area is 128 Å². The summed E-state index contributed by atoms with van der Waals surface area (Å²) in [7, 11) is 1.61. The Hall–Kier alpha value is -2.95. The van der Waals surface area contributed by atoms with Crippen LogP contribution < -0.4 is 5.32 Å². The number of hydrogen-bond acceptors (Lipinski definition) is 3. The number of nitrogens with one attached hydrogen (secondary N) is 1. The van der Waals surface area contributed by atoms with Crippen LogP contribution in [0.3, 0.4) is 0 Å². The topological polar surface area (TPSA) is 59.3 Å². The first-order chi connectivity index (χ1) is 10.7. The first-order valence-electron chi connectivity index (χ1n) is 6.98. The van der Waals surface area contributed by atoms with Gasteiger partial charge >= 0.3 is 0 Å². The number of imidazole rings is 1. The molecule has 0 aliphatic heterocycles. The van der Waals surface area contributed by atoms with E-state index in [-0.39, 0.29) is 5.91 Å². The number of nitrogens with zero attached hydrogens (tertiary/aromatic N) is 3. The van der Waals surface area contributed by atoms with E-state index in [1.807, 2.05) is 55.6 Å². The summed E-state index contributed by atoms with van der Waals surface area (Å²) in [5.74, 6) is -0.158. The summed E-state index contributed by atoms with van der Waals surface area (Å²) in [5, 5.41) is 2.62. The van der Waals surface area contributed by atoms with E-state index >= 15 is 0 Å². The minimum Gasteiger partial charge on any atom is -0.354 e. The normalized spacial score (nSPS) is 11.2. The van der Waals surface area contributed by atoms with E-state index in [1.165, 1.54) is 0 Å². The molecular formula is C17H16N4O. The van der Waals surface area contributed by atoms with Gasteiger partial charge in [0, 0.05) is 18.9 Å². The SMILES string of the molecule is CNC(=O)c1cnc2ccc(/C=C\c3cccc(C)n3)cn12. The fourth-order valence-electron chi connectivity index (χ4n) is 2.23. The molecule has 1 amide bonds. The molecule has 0 aliphatic carbocycles. The van der Waals surface area contributed by atoms with Gasteiger partial charge in [0.05, 0.1) is 11.9 Å². The third-order valence-electron chi connectivity index (χ3n) is 3.34. The van der Waals surface area contributed by atoms with Crippen LogP contribution in [0.2, 0.25) is 0 Å². The molecule has 0 spiro atoms. The number of aryl methyl sites for hydroxylation is 1. The minimum absolute atomic E-state index is 0.158. The van der Waals surface area contributed by atoms with Crippen LogP contribution in [-0.4, -0.2) is 27.3 Å². The maximum Gasteiger partial charge on any atom is 0.269 e. The van der Waals surface area contributed by atoms with Gasteiger partial charge in [0.25, 0.3) is 5.91 Å². The van der Waals surface area contributed by atoms with Crippen molar-refractivity contribution < 1.29 is 4.79 Å². The van der Waals surface area contributed by atoms with Crippen molar-refractivity contribution in [2.45, 2.75) is 6.92 Å². The number of fused-ring (bicyclic) bond motifs is 1. The Morgan fingerprint density at radius 1 is 1.23 bits per heavy atom. The van der Waals surface area contributed by atoms with E-state index in [4.69, 9.17) is 0 Å². The first-order valence-corrected chi connectivity index (χ1v) is 6.98. The maximum atomic E-state index is 11.8. The lowest BCUT2D eigenvalue weighted by molar-refractivity contribution is 0.0957. The molecule has 3 aromatic rings. The highest BCUT2D eigenvalue weighted by Crippen LogP contribution is 2.12. The van der Waals surface area contributed by atoms with Crippen molar-refractivity contribution in [3.8, 4) is 0 Å². The standard InChI is InChI=1S/C17H16N4O/c1-12-4-3-5-14(20-12)8-6-13-7-9-16-19-10-15(17(22)18-2)21(16)11-13/h3-11H,1-2H3,(H,18,22)/b8-6-. The molecule has 22 heavy (non-hydrogen) atoms. The van der Waals surface area contributed by atoms with Gasteiger partial charge in [-0.15, -0.1) is 0 Å². The molecule has 0 atom stereocenters. The molecule has 0 unspecified atom stereocenters. The average Bonchev–Trinajstić information content (AvgIpc) is 2.95. The molecule has 0 bridgehead atoms. The zero-order chi connectivity index (χ0) is 15.5. The van der Waals surface area contributed by atoms with Crippen LogP contribution in [0.1, 0.15) is 27.4 Å². The maximum absolute atomic E-state index is 11.8. The van der Waals surface area contributed by atoms with Crippen LogP contribution >= 0.6 is 0 Å². The molecular weight excluding hydrogens is 276 g/mol. The predicted molar refractivity (Wildman–Crippen MR) is 86.5 cm³/mol. The van der Waals surface area contributed by atoms with Crippen LogP contribution in [0.15, 0.2) is 42.7 Å². The van der Waals surface area contributed by atoms with Crippen LogP contribution in [0.5, 0.6) is 0 Å². The molecule has 0 aromatic carbocycles. The van der Waals surface area contributed by atoms with Crippen molar-refractivity contribution in [2.75, 3.05) is 7.05 Å². The van der Waals surface area contributed by atoms with Gasteiger partial charge in [-0.2, -0.15) is 0 Å². The van der Waals surface area contributed by atoms with Gasteiger partial charge in [-0.25, -0.2) is 4.98 Å². The molecule has 0 fully saturated rings. The van der Waals surface area contributed by atoms with Gasteiger partial charge in [0.2, 0.25) is 0 Å². The molecule has 5 nitrogen and oxygen atoms in total. The summed E-state index contributed by atoms with van der Waals surface area (Å²) >= 11 is 0. The van der Waals surface area contributed by atoms with E-state index in [2.05, 4.69) is 15.3 Å². The Bertz CT molecular complexity index is 864. The van der Waals surface area contributed by atoms with Gasteiger partial charge in [0.1, 0.15) is 11.3 Å². The van der Waals surface area contributed by atoms with Crippen LogP contribution in [0.25, 0.3) is 17.8 Å². The van der Waals surface area contributed by atoms with Gasteiger partial charge in [-0.3, -0.25) is 14.2 Å². The quantitative estimate of drug-likeness (QED) is 0.807. The van der Waals surface area contributed by atoms with Gasteiger partial charge in [-0.05, 0) is 42.8 Å². The van der Waals surface area contributed by atoms with Crippen LogP contribution in [0.4, 0.5) is 0 Å². The number of rotatable bonds is 3. The van der Waals surface area contributed by atoms with Crippen molar-refractivity contribution in [1.82, 2.24) is 19.7 Å². The third-order valence-corrected chi connectivity index (χ3v) is 3.34. The first kappa shape index (κ1) is 14.0. The van der Waals surface area contributed by atoms with Crippen molar-refractivity contribution >= 4 is 23.7 Å². The van der Waals surface area contributed by atoms with Crippen molar-refractivity contribution in [2.24, 2.45) is 0 Å². The highest BCUT2D eigenvalue weighted by molar-refractivity contribution is 5.93. The van der Waals surface area contributed by atoms with Crippen LogP contribution in [0, 0.1) is 6.92 Å². The summed E-state index contributed by atoms with van der Waals surface area (Å²) in [5.41, 5.74) is 4.11. The largest absolute Gasteiger partial charge is 0.354 e. The third kappa shape index (κ3) is 2.74. The second kappa shape index (κ2) is 5.81. The Morgan fingerprint density at radius 3 is 2.86 bits per heavy atom. The molecule has 0 radical (unpaired) electrons. The lowest BCUT2D eigenvalue weighted by Crippen LogP contribution is -2.19. The fraction of sp³-hybridized carbons (Fsp3) is 0.118. The lowest BCUT2D eigenvalue weighted by atomic mass is 10.2. The zero-order valence-corrected chi connectivity index (χ0v) is 12.4. The number of carbonyl (C=O) groups is 1. The molecule has 5 heteroatoms. The predicted octanol–water partition coefficient (Wildman–Crippen LogP) is 2.57. The van der Waals surface area contributed by atoms with Crippen molar-refractivity contribution in [3.63, 3.8) is 0 Å². The Balaban J connectivity index is 1.96. The van der Waals surface area contributed by atoms with Gasteiger partial charge < -0.3 is 5.32 Å². The molecule has 3 aromatic heterocycles. The smallest absolute Gasteiger partial charge is 0.269 e. The second-order valence-corrected chi connectivity index (χ2v) is 4.95. The fourth-order valence-corrected chi connectivity index (χ4v) is 2.23. The average molecular weight is 292 g/mol. The van der Waals surface area contributed by atoms with E-state index in [9.17, 15) is 4.79 Å².